The Morgan fingerprint density at radius 1 is 0.875 bits per heavy atom. The van der Waals surface area contributed by atoms with Crippen molar-refractivity contribution in [2.45, 2.75) is 26.2 Å². The summed E-state index contributed by atoms with van der Waals surface area (Å²) in [5.74, 6) is 0. The van der Waals surface area contributed by atoms with Crippen LogP contribution in [0, 0.1) is 0 Å². The van der Waals surface area contributed by atoms with Gasteiger partial charge >= 0.3 is 12.2 Å². The van der Waals surface area contributed by atoms with E-state index >= 15 is 0 Å². The van der Waals surface area contributed by atoms with E-state index in [1.165, 1.54) is 0 Å². The summed E-state index contributed by atoms with van der Waals surface area (Å²) >= 11 is 0. The fourth-order valence-electron chi connectivity index (χ4n) is 1.22. The Morgan fingerprint density at radius 3 is 1.50 bits per heavy atom. The van der Waals surface area contributed by atoms with E-state index in [4.69, 9.17) is 8.85 Å². The molecule has 0 aromatic heterocycles. The van der Waals surface area contributed by atoms with Gasteiger partial charge in [0.25, 0.3) is 16.6 Å². The molecule has 0 aromatic rings. The lowest BCUT2D eigenvalue weighted by atomic mass is 11.1. The molecular formula is C8H18N2O4Si2. The maximum absolute atomic E-state index is 11.4. The largest absolute Gasteiger partial charge is 0.502 e. The zero-order valence-electron chi connectivity index (χ0n) is 10.0. The highest BCUT2D eigenvalue weighted by atomic mass is 28.4. The van der Waals surface area contributed by atoms with E-state index in [1.807, 2.05) is 26.2 Å². The van der Waals surface area contributed by atoms with Crippen molar-refractivity contribution in [3.63, 3.8) is 0 Å². The number of hydrogen-bond acceptors (Lipinski definition) is 4. The number of hydrogen-bond donors (Lipinski definition) is 2. The number of rotatable bonds is 0. The zero-order chi connectivity index (χ0) is 12.4. The van der Waals surface area contributed by atoms with Crippen molar-refractivity contribution in [1.82, 2.24) is 10.6 Å². The molecule has 2 amide bonds. The molecule has 16 heavy (non-hydrogen) atoms. The van der Waals surface area contributed by atoms with E-state index < -0.39 is 28.8 Å². The Hall–Kier alpha value is -1.03. The molecule has 0 saturated carbocycles. The van der Waals surface area contributed by atoms with Gasteiger partial charge in [0.15, 0.2) is 0 Å². The van der Waals surface area contributed by atoms with Crippen molar-refractivity contribution in [2.24, 2.45) is 0 Å². The van der Waals surface area contributed by atoms with Crippen LogP contribution in [0.3, 0.4) is 0 Å². The van der Waals surface area contributed by atoms with Crippen LogP contribution in [0.15, 0.2) is 0 Å². The minimum Gasteiger partial charge on any atom is -0.502 e. The maximum atomic E-state index is 11.4. The normalized spacial score (nSPS) is 24.5. The average molecular weight is 262 g/mol. The van der Waals surface area contributed by atoms with Gasteiger partial charge in [0.1, 0.15) is 0 Å². The SMILES string of the molecule is C[Si]1(C)CNC(=O)O[Si](C)(C)CNC(=O)O1. The summed E-state index contributed by atoms with van der Waals surface area (Å²) in [5, 5.41) is 5.30. The van der Waals surface area contributed by atoms with Gasteiger partial charge in [0.05, 0.1) is 12.3 Å². The van der Waals surface area contributed by atoms with E-state index in [0.29, 0.717) is 12.3 Å². The molecule has 2 N–H and O–H groups in total. The van der Waals surface area contributed by atoms with Gasteiger partial charge in [-0.15, -0.1) is 0 Å². The highest BCUT2D eigenvalue weighted by Gasteiger charge is 2.34. The topological polar surface area (TPSA) is 76.7 Å². The number of amides is 2. The van der Waals surface area contributed by atoms with Gasteiger partial charge in [-0.1, -0.05) is 0 Å². The summed E-state index contributed by atoms with van der Waals surface area (Å²) in [5.41, 5.74) is 0. The van der Waals surface area contributed by atoms with Crippen LogP contribution >= 0.6 is 0 Å². The minimum atomic E-state index is -2.19. The van der Waals surface area contributed by atoms with E-state index in [-0.39, 0.29) is 0 Å². The fraction of sp³-hybridized carbons (Fsp3) is 0.750. The van der Waals surface area contributed by atoms with E-state index in [1.54, 1.807) is 0 Å². The Bertz CT molecular complexity index is 276. The molecule has 0 radical (unpaired) electrons. The van der Waals surface area contributed by atoms with Gasteiger partial charge in [-0.05, 0) is 26.2 Å². The standard InChI is InChI=1S/C8H18N2O4Si2/c1-15(2)5-9-8(12)14-16(3,4)6-10-7(11)13-15/h5-6H2,1-4H3,(H,9,12)(H,10,11). The van der Waals surface area contributed by atoms with Crippen LogP contribution in [-0.2, 0) is 8.85 Å². The highest BCUT2D eigenvalue weighted by molar-refractivity contribution is 6.74. The number of nitrogens with one attached hydrogen (secondary N) is 2. The summed E-state index contributed by atoms with van der Waals surface area (Å²) in [7, 11) is -4.37. The summed E-state index contributed by atoms with van der Waals surface area (Å²) < 4.78 is 10.6. The van der Waals surface area contributed by atoms with Crippen LogP contribution in [0.2, 0.25) is 26.2 Å². The molecule has 0 aliphatic carbocycles. The van der Waals surface area contributed by atoms with Crippen molar-refractivity contribution in [3.05, 3.63) is 0 Å². The Morgan fingerprint density at radius 2 is 1.19 bits per heavy atom. The third kappa shape index (κ3) is 4.23. The van der Waals surface area contributed by atoms with Crippen molar-refractivity contribution >= 4 is 28.8 Å². The molecule has 0 atom stereocenters. The van der Waals surface area contributed by atoms with Crippen LogP contribution in [-0.4, -0.2) is 41.2 Å². The molecule has 0 unspecified atom stereocenters. The van der Waals surface area contributed by atoms with Gasteiger partial charge in [-0.25, -0.2) is 9.59 Å². The predicted molar refractivity (Wildman–Crippen MR) is 63.9 cm³/mol. The Labute approximate surface area is 96.9 Å². The smallest absolute Gasteiger partial charge is 0.393 e. The van der Waals surface area contributed by atoms with Gasteiger partial charge in [0.2, 0.25) is 0 Å². The molecule has 0 spiro atoms. The van der Waals surface area contributed by atoms with E-state index in [9.17, 15) is 9.59 Å². The van der Waals surface area contributed by atoms with Gasteiger partial charge in [0, 0.05) is 0 Å². The molecule has 1 rings (SSSR count). The first-order valence-corrected chi connectivity index (χ1v) is 11.4. The second kappa shape index (κ2) is 4.46. The summed E-state index contributed by atoms with van der Waals surface area (Å²) in [6.07, 6.45) is -0.109. The zero-order valence-corrected chi connectivity index (χ0v) is 12.0. The Kier molecular flexibility index (Phi) is 3.63. The molecule has 92 valence electrons. The van der Waals surface area contributed by atoms with Crippen LogP contribution in [0.4, 0.5) is 9.59 Å². The molecule has 6 nitrogen and oxygen atoms in total. The van der Waals surface area contributed by atoms with E-state index in [2.05, 4.69) is 10.6 Å². The van der Waals surface area contributed by atoms with Crippen LogP contribution in [0.25, 0.3) is 0 Å². The molecule has 1 aliphatic rings. The molecule has 0 bridgehead atoms. The number of carbonyl (C=O) groups excluding carboxylic acids is 2. The summed E-state index contributed by atoms with van der Waals surface area (Å²) in [6, 6.07) is 0. The fourth-order valence-corrected chi connectivity index (χ4v) is 3.65. The average Bonchev–Trinajstić information content (AvgIpc) is 2.10. The summed E-state index contributed by atoms with van der Waals surface area (Å²) in [4.78, 5) is 22.9. The van der Waals surface area contributed by atoms with Crippen LogP contribution < -0.4 is 10.6 Å². The lowest BCUT2D eigenvalue weighted by Crippen LogP contribution is -2.55. The highest BCUT2D eigenvalue weighted by Crippen LogP contribution is 2.08. The second-order valence-electron chi connectivity index (χ2n) is 5.01. The molecule has 1 heterocycles. The van der Waals surface area contributed by atoms with Crippen molar-refractivity contribution in [3.8, 4) is 0 Å². The lowest BCUT2D eigenvalue weighted by Gasteiger charge is -2.29. The quantitative estimate of drug-likeness (QED) is 0.637. The van der Waals surface area contributed by atoms with Gasteiger partial charge < -0.3 is 19.5 Å². The first-order chi connectivity index (χ1) is 7.20. The molecule has 1 fully saturated rings. The third-order valence-corrected chi connectivity index (χ3v) is 5.59. The first-order valence-electron chi connectivity index (χ1n) is 5.14. The van der Waals surface area contributed by atoms with Crippen LogP contribution in [0.5, 0.6) is 0 Å². The van der Waals surface area contributed by atoms with Crippen molar-refractivity contribution in [2.75, 3.05) is 12.3 Å². The molecule has 0 aromatic carbocycles. The van der Waals surface area contributed by atoms with Crippen molar-refractivity contribution in [1.29, 1.82) is 0 Å². The van der Waals surface area contributed by atoms with Gasteiger partial charge in [-0.3, -0.25) is 0 Å². The minimum absolute atomic E-state index is 0.365. The first kappa shape index (κ1) is 13.0. The van der Waals surface area contributed by atoms with Crippen molar-refractivity contribution < 1.29 is 18.4 Å². The predicted octanol–water partition coefficient (Wildman–Crippen LogP) is 0.941. The Balaban J connectivity index is 2.73. The molecule has 1 saturated heterocycles. The molecule has 8 heteroatoms. The second-order valence-corrected chi connectivity index (χ2v) is 13.2. The van der Waals surface area contributed by atoms with E-state index in [0.717, 1.165) is 0 Å². The molecular weight excluding hydrogens is 244 g/mol. The van der Waals surface area contributed by atoms with Crippen LogP contribution in [0.1, 0.15) is 0 Å². The van der Waals surface area contributed by atoms with Gasteiger partial charge in [-0.2, -0.15) is 0 Å². The third-order valence-electron chi connectivity index (χ3n) is 2.05. The monoisotopic (exact) mass is 262 g/mol. The number of carbonyl (C=O) groups is 2. The lowest BCUT2D eigenvalue weighted by molar-refractivity contribution is 0.188. The maximum Gasteiger partial charge on any atom is 0.393 e. The summed E-state index contributed by atoms with van der Waals surface area (Å²) in [6.45, 7) is 7.43. The molecule has 1 aliphatic heterocycles.